The Morgan fingerprint density at radius 3 is 1.67 bits per heavy atom. The Bertz CT molecular complexity index is 1300. The Morgan fingerprint density at radius 1 is 0.806 bits per heavy atom. The van der Waals surface area contributed by atoms with Crippen molar-refractivity contribution in [1.29, 1.82) is 0 Å². The number of carbonyl (C=O) groups is 3. The maximum absolute atomic E-state index is 14.0. The number of carbonyl (C=O) groups excluding carboxylic acids is 3. The molecule has 7 rings (SSSR count). The highest BCUT2D eigenvalue weighted by atomic mass is 35.5. The maximum Gasteiger partial charge on any atom is 0.338 e. The van der Waals surface area contributed by atoms with Gasteiger partial charge in [0.25, 0.3) is 0 Å². The second-order valence-corrected chi connectivity index (χ2v) is 10.7. The van der Waals surface area contributed by atoms with E-state index in [0.717, 1.165) is 35.1 Å². The summed E-state index contributed by atoms with van der Waals surface area (Å²) in [4.78, 5) is 39.0. The summed E-state index contributed by atoms with van der Waals surface area (Å²) in [6.07, 6.45) is 1.71. The zero-order valence-electron chi connectivity index (χ0n) is 19.5. The highest BCUT2D eigenvalue weighted by Crippen LogP contribution is 2.69. The number of halogens is 2. The van der Waals surface area contributed by atoms with E-state index in [0.29, 0.717) is 17.9 Å². The lowest BCUT2D eigenvalue weighted by molar-refractivity contribution is -0.122. The van der Waals surface area contributed by atoms with Crippen molar-refractivity contribution in [2.45, 2.75) is 29.5 Å². The number of anilines is 1. The molecule has 3 aromatic carbocycles. The Hall–Kier alpha value is -3.15. The molecule has 3 aromatic rings. The van der Waals surface area contributed by atoms with Crippen LogP contribution in [0.5, 0.6) is 0 Å². The molecule has 0 aromatic heterocycles. The van der Waals surface area contributed by atoms with E-state index >= 15 is 0 Å². The molecule has 7 heteroatoms. The third-order valence-corrected chi connectivity index (χ3v) is 8.96. The van der Waals surface area contributed by atoms with Crippen LogP contribution < -0.4 is 4.90 Å². The van der Waals surface area contributed by atoms with E-state index < -0.39 is 39.4 Å². The number of hydrogen-bond acceptors (Lipinski definition) is 4. The second-order valence-electron chi connectivity index (χ2n) is 9.52. The summed E-state index contributed by atoms with van der Waals surface area (Å²) in [5.41, 5.74) is 3.76. The normalized spacial score (nSPS) is 27.5. The summed E-state index contributed by atoms with van der Waals surface area (Å²) in [6.45, 7) is 2.36. The molecule has 182 valence electrons. The van der Waals surface area contributed by atoms with Crippen LogP contribution in [-0.4, -0.2) is 24.4 Å². The number of imide groups is 1. The molecular formula is C29H23Cl2NO4. The molecule has 1 heterocycles. The molecule has 0 saturated carbocycles. The average molecular weight is 520 g/mol. The van der Waals surface area contributed by atoms with Gasteiger partial charge in [-0.2, -0.15) is 0 Å². The van der Waals surface area contributed by atoms with Crippen LogP contribution >= 0.6 is 23.2 Å². The number of alkyl halides is 2. The van der Waals surface area contributed by atoms with Crippen LogP contribution in [0.3, 0.4) is 0 Å². The van der Waals surface area contributed by atoms with Crippen LogP contribution in [0.25, 0.3) is 0 Å². The Balaban J connectivity index is 1.43. The molecule has 1 aliphatic heterocycles. The van der Waals surface area contributed by atoms with Gasteiger partial charge in [-0.15, -0.1) is 23.2 Å². The summed E-state index contributed by atoms with van der Waals surface area (Å²) < 4.78 is 5.27. The van der Waals surface area contributed by atoms with Crippen LogP contribution in [-0.2, 0) is 24.1 Å². The third-order valence-electron chi connectivity index (χ3n) is 7.68. The molecule has 3 aliphatic carbocycles. The van der Waals surface area contributed by atoms with Crippen molar-refractivity contribution >= 4 is 46.7 Å². The highest BCUT2D eigenvalue weighted by Gasteiger charge is 2.73. The number of hydrogen-bond donors (Lipinski definition) is 0. The van der Waals surface area contributed by atoms with Gasteiger partial charge in [-0.3, -0.25) is 9.59 Å². The quantitative estimate of drug-likeness (QED) is 0.186. The van der Waals surface area contributed by atoms with Gasteiger partial charge in [-0.05, 0) is 52.9 Å². The maximum atomic E-state index is 14.0. The van der Waals surface area contributed by atoms with E-state index in [1.807, 2.05) is 55.5 Å². The average Bonchev–Trinajstić information content (AvgIpc) is 3.18. The highest BCUT2D eigenvalue weighted by molar-refractivity contribution is 6.38. The van der Waals surface area contributed by atoms with Crippen LogP contribution in [0.2, 0.25) is 0 Å². The minimum absolute atomic E-state index is 0.347. The van der Waals surface area contributed by atoms with Gasteiger partial charge >= 0.3 is 5.97 Å². The topological polar surface area (TPSA) is 63.7 Å². The molecule has 1 fully saturated rings. The molecule has 5 nitrogen and oxygen atoms in total. The number of rotatable bonds is 5. The zero-order chi connectivity index (χ0) is 25.2. The SMILES string of the molecule is CCCCOC(=O)c1ccc(N2C(=O)[C@@H]3[C@H](C2=O)C2(Cl)c4ccccc4C3(Cl)c3ccccc32)cc1. The van der Waals surface area contributed by atoms with Gasteiger partial charge in [0.2, 0.25) is 11.8 Å². The monoisotopic (exact) mass is 519 g/mol. The number of nitrogens with zero attached hydrogens (tertiary/aromatic N) is 1. The lowest BCUT2D eigenvalue weighted by Crippen LogP contribution is -2.57. The molecule has 1 saturated heterocycles. The first-order chi connectivity index (χ1) is 17.3. The summed E-state index contributed by atoms with van der Waals surface area (Å²) in [5, 5.41) is 0. The number of amides is 2. The summed E-state index contributed by atoms with van der Waals surface area (Å²) in [7, 11) is 0. The number of unbranched alkanes of at least 4 members (excludes halogenated alkanes) is 1. The van der Waals surface area contributed by atoms with E-state index in [1.54, 1.807) is 24.3 Å². The van der Waals surface area contributed by atoms with Gasteiger partial charge in [0, 0.05) is 0 Å². The molecule has 0 radical (unpaired) electrons. The molecule has 4 aliphatic rings. The van der Waals surface area contributed by atoms with Crippen molar-refractivity contribution in [3.8, 4) is 0 Å². The van der Waals surface area contributed by atoms with Gasteiger partial charge < -0.3 is 4.74 Å². The van der Waals surface area contributed by atoms with Crippen LogP contribution in [0.1, 0.15) is 52.4 Å². The third kappa shape index (κ3) is 2.87. The molecule has 2 atom stereocenters. The summed E-state index contributed by atoms with van der Waals surface area (Å²) in [6, 6.07) is 21.4. The van der Waals surface area contributed by atoms with Gasteiger partial charge in [0.15, 0.2) is 0 Å². The molecule has 2 amide bonds. The standard InChI is InChI=1S/C29H23Cl2NO4/c1-2-3-16-36-27(35)17-12-14-18(15-13-17)32-25(33)23-24(26(32)34)29(31)20-9-5-4-8-19(20)28(23,30)21-10-6-7-11-22(21)29/h4-15,23-24H,2-3,16H2,1H3/t23-,24+,28?,29?. The first-order valence-electron chi connectivity index (χ1n) is 12.1. The fourth-order valence-electron chi connectivity index (χ4n) is 6.06. The minimum atomic E-state index is -1.22. The van der Waals surface area contributed by atoms with Crippen molar-refractivity contribution in [3.05, 3.63) is 101 Å². The van der Waals surface area contributed by atoms with Crippen molar-refractivity contribution in [1.82, 2.24) is 0 Å². The molecular weight excluding hydrogens is 497 g/mol. The van der Waals surface area contributed by atoms with Gasteiger partial charge in [0.05, 0.1) is 29.7 Å². The fraction of sp³-hybridized carbons (Fsp3) is 0.276. The molecule has 0 N–H and O–H groups in total. The molecule has 0 unspecified atom stereocenters. The molecule has 2 bridgehead atoms. The molecule has 0 spiro atoms. The van der Waals surface area contributed by atoms with Crippen LogP contribution in [0.4, 0.5) is 5.69 Å². The second kappa shape index (κ2) is 8.19. The van der Waals surface area contributed by atoms with Crippen molar-refractivity contribution in [2.24, 2.45) is 11.8 Å². The van der Waals surface area contributed by atoms with E-state index in [4.69, 9.17) is 27.9 Å². The first kappa shape index (κ1) is 23.3. The Kier molecular flexibility index (Phi) is 5.29. The lowest BCUT2D eigenvalue weighted by Gasteiger charge is -2.54. The Labute approximate surface area is 219 Å². The zero-order valence-corrected chi connectivity index (χ0v) is 21.1. The fourth-order valence-corrected chi connectivity index (χ4v) is 7.16. The summed E-state index contributed by atoms with van der Waals surface area (Å²) in [5.74, 6) is -2.97. The smallest absolute Gasteiger partial charge is 0.338 e. The van der Waals surface area contributed by atoms with E-state index in [1.165, 1.54) is 4.90 Å². The number of ether oxygens (including phenoxy) is 1. The van der Waals surface area contributed by atoms with Gasteiger partial charge in [0.1, 0.15) is 9.75 Å². The molecule has 36 heavy (non-hydrogen) atoms. The first-order valence-corrected chi connectivity index (χ1v) is 12.8. The van der Waals surface area contributed by atoms with E-state index in [9.17, 15) is 14.4 Å². The predicted molar refractivity (Wildman–Crippen MR) is 137 cm³/mol. The van der Waals surface area contributed by atoms with E-state index in [-0.39, 0.29) is 0 Å². The Morgan fingerprint density at radius 2 is 1.25 bits per heavy atom. The summed E-state index contributed by atoms with van der Waals surface area (Å²) >= 11 is 14.9. The largest absolute Gasteiger partial charge is 0.462 e. The minimum Gasteiger partial charge on any atom is -0.462 e. The van der Waals surface area contributed by atoms with E-state index in [2.05, 4.69) is 0 Å². The van der Waals surface area contributed by atoms with Crippen LogP contribution in [0, 0.1) is 11.8 Å². The number of benzene rings is 3. The predicted octanol–water partition coefficient (Wildman–Crippen LogP) is 5.74. The van der Waals surface area contributed by atoms with Gasteiger partial charge in [-0.1, -0.05) is 61.9 Å². The van der Waals surface area contributed by atoms with Gasteiger partial charge in [-0.25, -0.2) is 9.69 Å². The van der Waals surface area contributed by atoms with Crippen LogP contribution in [0.15, 0.2) is 72.8 Å². The van der Waals surface area contributed by atoms with Crippen molar-refractivity contribution in [2.75, 3.05) is 11.5 Å². The van der Waals surface area contributed by atoms with Crippen molar-refractivity contribution < 1.29 is 19.1 Å². The lowest BCUT2D eigenvalue weighted by atomic mass is 9.54. The van der Waals surface area contributed by atoms with Crippen molar-refractivity contribution in [3.63, 3.8) is 0 Å². The number of esters is 1.